The molecule has 2 N–H and O–H groups in total. The molecular weight excluding hydrogens is 194 g/mol. The zero-order valence-electron chi connectivity index (χ0n) is 6.61. The Morgan fingerprint density at radius 1 is 1.67 bits per heavy atom. The molecule has 0 saturated carbocycles. The number of aromatic nitrogens is 2. The van der Waals surface area contributed by atoms with Crippen LogP contribution in [-0.2, 0) is 11.2 Å². The lowest BCUT2D eigenvalue weighted by Crippen LogP contribution is -2.04. The molecule has 0 saturated heterocycles. The Morgan fingerprint density at radius 3 is 2.92 bits per heavy atom. The van der Waals surface area contributed by atoms with Crippen LogP contribution in [0.15, 0.2) is 0 Å². The van der Waals surface area contributed by atoms with Crippen molar-refractivity contribution in [1.82, 2.24) is 10.2 Å². The number of hydrogen-bond acceptors (Lipinski definition) is 6. The zero-order chi connectivity index (χ0) is 8.97. The van der Waals surface area contributed by atoms with E-state index in [0.717, 1.165) is 5.01 Å². The summed E-state index contributed by atoms with van der Waals surface area (Å²) < 4.78 is 5.08. The number of thiocarbonyl (C=S) groups is 1. The van der Waals surface area contributed by atoms with Crippen molar-refractivity contribution in [2.45, 2.75) is 13.3 Å². The molecule has 0 spiro atoms. The van der Waals surface area contributed by atoms with Gasteiger partial charge in [-0.15, -0.1) is 10.2 Å². The van der Waals surface area contributed by atoms with Gasteiger partial charge in [0.25, 0.3) is 0 Å². The van der Waals surface area contributed by atoms with Gasteiger partial charge in [0.2, 0.25) is 5.13 Å². The number of nitrogens with zero attached hydrogens (tertiary/aromatic N) is 2. The lowest BCUT2D eigenvalue weighted by Gasteiger charge is -2.00. The van der Waals surface area contributed by atoms with E-state index in [1.54, 1.807) is 0 Å². The van der Waals surface area contributed by atoms with Crippen molar-refractivity contribution < 1.29 is 4.74 Å². The first-order valence-corrected chi connectivity index (χ1v) is 4.68. The summed E-state index contributed by atoms with van der Waals surface area (Å²) in [6.45, 7) is 2.48. The number of hydrogen-bond donors (Lipinski definition) is 1. The monoisotopic (exact) mass is 203 g/mol. The van der Waals surface area contributed by atoms with E-state index in [1.807, 2.05) is 6.92 Å². The van der Waals surface area contributed by atoms with Crippen molar-refractivity contribution in [1.29, 1.82) is 0 Å². The minimum Gasteiger partial charge on any atom is -0.487 e. The molecule has 6 heteroatoms. The number of nitrogen functional groups attached to an aromatic ring is 1. The van der Waals surface area contributed by atoms with Gasteiger partial charge < -0.3 is 10.5 Å². The van der Waals surface area contributed by atoms with Gasteiger partial charge in [-0.1, -0.05) is 11.3 Å². The maximum Gasteiger partial charge on any atom is 0.203 e. The van der Waals surface area contributed by atoms with E-state index in [4.69, 9.17) is 22.7 Å². The van der Waals surface area contributed by atoms with Crippen LogP contribution in [0.5, 0.6) is 0 Å². The Balaban J connectivity index is 2.46. The van der Waals surface area contributed by atoms with E-state index in [0.29, 0.717) is 23.2 Å². The molecule has 0 atom stereocenters. The highest BCUT2D eigenvalue weighted by Crippen LogP contribution is 2.12. The molecule has 0 aliphatic carbocycles. The van der Waals surface area contributed by atoms with Crippen molar-refractivity contribution in [3.8, 4) is 0 Å². The highest BCUT2D eigenvalue weighted by Gasteiger charge is 2.04. The summed E-state index contributed by atoms with van der Waals surface area (Å²) in [5, 5.41) is 9.27. The summed E-state index contributed by atoms with van der Waals surface area (Å²) in [5.41, 5.74) is 5.39. The molecule has 1 heterocycles. The molecule has 1 aromatic heterocycles. The van der Waals surface area contributed by atoms with Gasteiger partial charge in [0, 0.05) is 0 Å². The summed E-state index contributed by atoms with van der Waals surface area (Å²) in [6, 6.07) is 0. The van der Waals surface area contributed by atoms with E-state index in [2.05, 4.69) is 10.2 Å². The Hall–Kier alpha value is -0.750. The normalized spacial score (nSPS) is 9.75. The molecule has 66 valence electrons. The molecule has 0 bridgehead atoms. The van der Waals surface area contributed by atoms with Crippen LogP contribution in [-0.4, -0.2) is 21.9 Å². The number of anilines is 1. The smallest absolute Gasteiger partial charge is 0.203 e. The van der Waals surface area contributed by atoms with Crippen molar-refractivity contribution in [2.75, 3.05) is 12.3 Å². The average Bonchev–Trinajstić information content (AvgIpc) is 2.36. The van der Waals surface area contributed by atoms with Crippen LogP contribution < -0.4 is 5.73 Å². The van der Waals surface area contributed by atoms with E-state index in [-0.39, 0.29) is 0 Å². The third-order valence-electron chi connectivity index (χ3n) is 1.08. The van der Waals surface area contributed by atoms with Gasteiger partial charge in [-0.25, -0.2) is 0 Å². The van der Waals surface area contributed by atoms with Crippen molar-refractivity contribution in [3.05, 3.63) is 5.01 Å². The Labute approximate surface area is 79.8 Å². The lowest BCUT2D eigenvalue weighted by molar-refractivity contribution is 0.329. The molecule has 0 unspecified atom stereocenters. The third kappa shape index (κ3) is 2.71. The molecule has 0 amide bonds. The van der Waals surface area contributed by atoms with Crippen LogP contribution in [0.1, 0.15) is 11.9 Å². The van der Waals surface area contributed by atoms with Gasteiger partial charge in [0.15, 0.2) is 5.05 Å². The largest absolute Gasteiger partial charge is 0.487 e. The molecule has 1 rings (SSSR count). The summed E-state index contributed by atoms with van der Waals surface area (Å²) in [5.74, 6) is 0. The predicted octanol–water partition coefficient (Wildman–Crippen LogP) is 1.03. The number of rotatable bonds is 3. The van der Waals surface area contributed by atoms with E-state index in [1.165, 1.54) is 11.3 Å². The second-order valence-electron chi connectivity index (χ2n) is 2.02. The van der Waals surface area contributed by atoms with Gasteiger partial charge in [-0.05, 0) is 19.1 Å². The first-order chi connectivity index (χ1) is 5.72. The highest BCUT2D eigenvalue weighted by molar-refractivity contribution is 7.80. The molecule has 0 aromatic carbocycles. The van der Waals surface area contributed by atoms with Crippen LogP contribution in [0.3, 0.4) is 0 Å². The summed E-state index contributed by atoms with van der Waals surface area (Å²) >= 11 is 6.25. The van der Waals surface area contributed by atoms with Crippen LogP contribution in [0.4, 0.5) is 5.13 Å². The third-order valence-corrected chi connectivity index (χ3v) is 2.10. The number of nitrogens with two attached hydrogens (primary N) is 1. The SMILES string of the molecule is CCOC(=S)Cc1nnc(N)s1. The van der Waals surface area contributed by atoms with E-state index < -0.39 is 0 Å². The summed E-state index contributed by atoms with van der Waals surface area (Å²) in [4.78, 5) is 0. The Morgan fingerprint density at radius 2 is 2.42 bits per heavy atom. The van der Waals surface area contributed by atoms with Crippen molar-refractivity contribution in [3.63, 3.8) is 0 Å². The Kier molecular flexibility index (Phi) is 3.36. The predicted molar refractivity (Wildman–Crippen MR) is 52.2 cm³/mol. The average molecular weight is 203 g/mol. The van der Waals surface area contributed by atoms with Crippen LogP contribution in [0, 0.1) is 0 Å². The van der Waals surface area contributed by atoms with Crippen LogP contribution >= 0.6 is 23.6 Å². The van der Waals surface area contributed by atoms with Crippen LogP contribution in [0.2, 0.25) is 0 Å². The highest BCUT2D eigenvalue weighted by atomic mass is 32.1. The molecule has 1 aromatic rings. The molecule has 0 fully saturated rings. The topological polar surface area (TPSA) is 61.0 Å². The van der Waals surface area contributed by atoms with Gasteiger partial charge in [-0.3, -0.25) is 0 Å². The lowest BCUT2D eigenvalue weighted by atomic mass is 10.5. The first kappa shape index (κ1) is 9.34. The Bertz CT molecular complexity index is 274. The quantitative estimate of drug-likeness (QED) is 0.743. The fraction of sp³-hybridized carbons (Fsp3) is 0.500. The van der Waals surface area contributed by atoms with Gasteiger partial charge in [-0.2, -0.15) is 0 Å². The number of ether oxygens (including phenoxy) is 1. The first-order valence-electron chi connectivity index (χ1n) is 3.46. The van der Waals surface area contributed by atoms with Crippen LogP contribution in [0.25, 0.3) is 0 Å². The van der Waals surface area contributed by atoms with E-state index >= 15 is 0 Å². The second-order valence-corrected chi connectivity index (χ2v) is 3.56. The van der Waals surface area contributed by atoms with Gasteiger partial charge in [0.1, 0.15) is 5.01 Å². The van der Waals surface area contributed by atoms with Crippen molar-refractivity contribution in [2.24, 2.45) is 0 Å². The molecule has 0 aliphatic rings. The van der Waals surface area contributed by atoms with Gasteiger partial charge >= 0.3 is 0 Å². The maximum atomic E-state index is 5.39. The molecule has 4 nitrogen and oxygen atoms in total. The molecule has 12 heavy (non-hydrogen) atoms. The minimum atomic E-state index is 0.462. The fourth-order valence-electron chi connectivity index (χ4n) is 0.674. The minimum absolute atomic E-state index is 0.462. The van der Waals surface area contributed by atoms with Crippen molar-refractivity contribution >= 4 is 33.7 Å². The summed E-state index contributed by atoms with van der Waals surface area (Å²) in [7, 11) is 0. The maximum absolute atomic E-state index is 5.39. The van der Waals surface area contributed by atoms with E-state index in [9.17, 15) is 0 Å². The molecular formula is C6H9N3OS2. The van der Waals surface area contributed by atoms with Gasteiger partial charge in [0.05, 0.1) is 13.0 Å². The molecule has 0 radical (unpaired) electrons. The fourth-order valence-corrected chi connectivity index (χ4v) is 1.63. The summed E-state index contributed by atoms with van der Waals surface area (Å²) in [6.07, 6.45) is 0.526. The second kappa shape index (κ2) is 4.32. The standard InChI is InChI=1S/C6H9N3OS2/c1-2-10-5(11)3-4-8-9-6(7)12-4/h2-3H2,1H3,(H2,7,9). The molecule has 0 aliphatic heterocycles. The zero-order valence-corrected chi connectivity index (χ0v) is 8.24.